The highest BCUT2D eigenvalue weighted by atomic mass is 16.3. The predicted octanol–water partition coefficient (Wildman–Crippen LogP) is 1.60. The van der Waals surface area contributed by atoms with Crippen molar-refractivity contribution in [3.63, 3.8) is 0 Å². The van der Waals surface area contributed by atoms with Crippen molar-refractivity contribution in [2.75, 3.05) is 6.54 Å². The van der Waals surface area contributed by atoms with E-state index in [0.29, 0.717) is 19.4 Å². The highest BCUT2D eigenvalue weighted by molar-refractivity contribution is 5.80. The van der Waals surface area contributed by atoms with Gasteiger partial charge in [-0.3, -0.25) is 4.79 Å². The van der Waals surface area contributed by atoms with E-state index in [0.717, 1.165) is 5.56 Å². The topological polar surface area (TPSA) is 40.5 Å². The molecule has 1 aliphatic heterocycles. The van der Waals surface area contributed by atoms with E-state index in [-0.39, 0.29) is 5.91 Å². The third-order valence-corrected chi connectivity index (χ3v) is 3.64. The summed E-state index contributed by atoms with van der Waals surface area (Å²) in [7, 11) is 0. The van der Waals surface area contributed by atoms with Gasteiger partial charge in [-0.2, -0.15) is 0 Å². The molecule has 0 bridgehead atoms. The zero-order valence-corrected chi connectivity index (χ0v) is 10.4. The normalized spacial score (nSPS) is 22.8. The number of rotatable bonds is 2. The highest BCUT2D eigenvalue weighted by Gasteiger charge is 2.42. The SMILES string of the molecule is CC1(C)C(O)CCN1C(=O)Cc1ccccc1. The first-order valence-electron chi connectivity index (χ1n) is 6.04. The van der Waals surface area contributed by atoms with E-state index in [1.54, 1.807) is 4.90 Å². The van der Waals surface area contributed by atoms with E-state index in [1.807, 2.05) is 44.2 Å². The monoisotopic (exact) mass is 233 g/mol. The van der Waals surface area contributed by atoms with E-state index >= 15 is 0 Å². The summed E-state index contributed by atoms with van der Waals surface area (Å²) in [5.41, 5.74) is 0.584. The zero-order chi connectivity index (χ0) is 12.5. The zero-order valence-electron chi connectivity index (χ0n) is 10.4. The lowest BCUT2D eigenvalue weighted by Gasteiger charge is -2.33. The molecular weight excluding hydrogens is 214 g/mol. The van der Waals surface area contributed by atoms with Crippen LogP contribution >= 0.6 is 0 Å². The minimum atomic E-state index is -0.439. The fraction of sp³-hybridized carbons (Fsp3) is 0.500. The third kappa shape index (κ3) is 2.34. The smallest absolute Gasteiger partial charge is 0.227 e. The fourth-order valence-corrected chi connectivity index (χ4v) is 2.38. The fourth-order valence-electron chi connectivity index (χ4n) is 2.38. The van der Waals surface area contributed by atoms with Crippen molar-refractivity contribution < 1.29 is 9.90 Å². The van der Waals surface area contributed by atoms with E-state index in [4.69, 9.17) is 0 Å². The van der Waals surface area contributed by atoms with Gasteiger partial charge in [0.2, 0.25) is 5.91 Å². The minimum absolute atomic E-state index is 0.0951. The molecule has 0 aliphatic carbocycles. The van der Waals surface area contributed by atoms with Gasteiger partial charge >= 0.3 is 0 Å². The Hall–Kier alpha value is -1.35. The summed E-state index contributed by atoms with van der Waals surface area (Å²) in [6.07, 6.45) is 0.673. The molecule has 0 saturated carbocycles. The van der Waals surface area contributed by atoms with Crippen molar-refractivity contribution >= 4 is 5.91 Å². The van der Waals surface area contributed by atoms with Gasteiger partial charge in [0.1, 0.15) is 0 Å². The number of aliphatic hydroxyl groups is 1. The molecule has 1 fully saturated rings. The second kappa shape index (κ2) is 4.49. The summed E-state index contributed by atoms with van der Waals surface area (Å²) in [6.45, 7) is 4.50. The molecule has 2 rings (SSSR count). The quantitative estimate of drug-likeness (QED) is 0.843. The van der Waals surface area contributed by atoms with Crippen LogP contribution in [0.4, 0.5) is 0 Å². The van der Waals surface area contributed by atoms with Crippen LogP contribution in [0.5, 0.6) is 0 Å². The summed E-state index contributed by atoms with van der Waals surface area (Å²) in [4.78, 5) is 14.0. The lowest BCUT2D eigenvalue weighted by molar-refractivity contribution is -0.135. The molecule has 1 heterocycles. The van der Waals surface area contributed by atoms with Crippen LogP contribution in [0.3, 0.4) is 0 Å². The van der Waals surface area contributed by atoms with Crippen LogP contribution in [-0.4, -0.2) is 34.1 Å². The van der Waals surface area contributed by atoms with Crippen molar-refractivity contribution in [3.05, 3.63) is 35.9 Å². The first kappa shape index (κ1) is 12.1. The van der Waals surface area contributed by atoms with E-state index < -0.39 is 11.6 Å². The number of nitrogens with zero attached hydrogens (tertiary/aromatic N) is 1. The Morgan fingerprint density at radius 3 is 2.59 bits per heavy atom. The Bertz CT molecular complexity index is 400. The van der Waals surface area contributed by atoms with Crippen molar-refractivity contribution in [1.82, 2.24) is 4.90 Å². The Morgan fingerprint density at radius 1 is 1.41 bits per heavy atom. The van der Waals surface area contributed by atoms with Crippen LogP contribution in [0.15, 0.2) is 30.3 Å². The maximum atomic E-state index is 12.2. The summed E-state index contributed by atoms with van der Waals surface area (Å²) in [5.74, 6) is 0.0951. The molecule has 0 spiro atoms. The largest absolute Gasteiger partial charge is 0.391 e. The van der Waals surface area contributed by atoms with Crippen molar-refractivity contribution in [2.45, 2.75) is 38.3 Å². The molecule has 1 atom stereocenters. The summed E-state index contributed by atoms with van der Waals surface area (Å²) >= 11 is 0. The molecule has 1 aromatic carbocycles. The maximum absolute atomic E-state index is 12.2. The van der Waals surface area contributed by atoms with Crippen LogP contribution in [0.1, 0.15) is 25.8 Å². The first-order chi connectivity index (χ1) is 8.01. The number of carbonyl (C=O) groups is 1. The van der Waals surface area contributed by atoms with Gasteiger partial charge in [0.15, 0.2) is 0 Å². The van der Waals surface area contributed by atoms with Gasteiger partial charge < -0.3 is 10.0 Å². The number of amides is 1. The van der Waals surface area contributed by atoms with Crippen molar-refractivity contribution in [1.29, 1.82) is 0 Å². The predicted molar refractivity (Wildman–Crippen MR) is 66.6 cm³/mol. The van der Waals surface area contributed by atoms with E-state index in [2.05, 4.69) is 0 Å². The molecule has 3 nitrogen and oxygen atoms in total. The molecule has 1 N–H and O–H groups in total. The average Bonchev–Trinajstić information content (AvgIpc) is 2.55. The lowest BCUT2D eigenvalue weighted by atomic mass is 9.98. The molecule has 0 radical (unpaired) electrons. The highest BCUT2D eigenvalue weighted by Crippen LogP contribution is 2.29. The Kier molecular flexibility index (Phi) is 3.20. The van der Waals surface area contributed by atoms with Gasteiger partial charge in [0.25, 0.3) is 0 Å². The number of hydrogen-bond donors (Lipinski definition) is 1. The molecule has 92 valence electrons. The number of hydrogen-bond acceptors (Lipinski definition) is 2. The van der Waals surface area contributed by atoms with Crippen LogP contribution in [0.2, 0.25) is 0 Å². The molecule has 1 aliphatic rings. The van der Waals surface area contributed by atoms with Crippen molar-refractivity contribution in [3.8, 4) is 0 Å². The Labute approximate surface area is 102 Å². The number of carbonyl (C=O) groups excluding carboxylic acids is 1. The van der Waals surface area contributed by atoms with Crippen LogP contribution in [0, 0.1) is 0 Å². The molecule has 1 unspecified atom stereocenters. The molecule has 17 heavy (non-hydrogen) atoms. The summed E-state index contributed by atoms with van der Waals surface area (Å²) < 4.78 is 0. The molecule has 3 heteroatoms. The molecule has 1 aromatic rings. The van der Waals surface area contributed by atoms with Crippen LogP contribution < -0.4 is 0 Å². The van der Waals surface area contributed by atoms with E-state index in [9.17, 15) is 9.90 Å². The van der Waals surface area contributed by atoms with Gasteiger partial charge in [-0.25, -0.2) is 0 Å². The molecule has 1 saturated heterocycles. The lowest BCUT2D eigenvalue weighted by Crippen LogP contribution is -2.48. The van der Waals surface area contributed by atoms with Crippen LogP contribution in [-0.2, 0) is 11.2 Å². The maximum Gasteiger partial charge on any atom is 0.227 e. The Morgan fingerprint density at radius 2 is 2.06 bits per heavy atom. The van der Waals surface area contributed by atoms with Crippen LogP contribution in [0.25, 0.3) is 0 Å². The number of likely N-dealkylation sites (tertiary alicyclic amines) is 1. The standard InChI is InChI=1S/C14H19NO2/c1-14(2)12(16)8-9-15(14)13(17)10-11-6-4-3-5-7-11/h3-7,12,16H,8-10H2,1-2H3. The molecule has 1 amide bonds. The molecule has 0 aromatic heterocycles. The second-order valence-corrected chi connectivity index (χ2v) is 5.17. The van der Waals surface area contributed by atoms with Gasteiger partial charge in [-0.15, -0.1) is 0 Å². The first-order valence-corrected chi connectivity index (χ1v) is 6.04. The minimum Gasteiger partial charge on any atom is -0.391 e. The third-order valence-electron chi connectivity index (χ3n) is 3.64. The van der Waals surface area contributed by atoms with Gasteiger partial charge in [-0.05, 0) is 25.8 Å². The van der Waals surface area contributed by atoms with Crippen molar-refractivity contribution in [2.24, 2.45) is 0 Å². The average molecular weight is 233 g/mol. The molecular formula is C14H19NO2. The van der Waals surface area contributed by atoms with Gasteiger partial charge in [0, 0.05) is 6.54 Å². The van der Waals surface area contributed by atoms with E-state index in [1.165, 1.54) is 0 Å². The van der Waals surface area contributed by atoms with Gasteiger partial charge in [-0.1, -0.05) is 30.3 Å². The van der Waals surface area contributed by atoms with Gasteiger partial charge in [0.05, 0.1) is 18.1 Å². The Balaban J connectivity index is 2.07. The summed E-state index contributed by atoms with van der Waals surface area (Å²) in [5, 5.41) is 9.85. The second-order valence-electron chi connectivity index (χ2n) is 5.17. The number of benzene rings is 1. The number of aliphatic hydroxyl groups excluding tert-OH is 1. The summed E-state index contributed by atoms with van der Waals surface area (Å²) in [6, 6.07) is 9.73.